The molecule has 3 heteroatoms. The minimum absolute atomic E-state index is 0. The summed E-state index contributed by atoms with van der Waals surface area (Å²) in [5, 5.41) is 0. The van der Waals surface area contributed by atoms with Crippen molar-refractivity contribution in [2.75, 3.05) is 0 Å². The zero-order valence-electron chi connectivity index (χ0n) is 38.1. The van der Waals surface area contributed by atoms with Crippen LogP contribution in [0.5, 0.6) is 0 Å². The average molecular weight is 880 g/mol. The van der Waals surface area contributed by atoms with E-state index in [-0.39, 0.29) is 51.2 Å². The smallest absolute Gasteiger partial charge is 0.177 e. The third kappa shape index (κ3) is 28.9. The van der Waals surface area contributed by atoms with E-state index in [2.05, 4.69) is 234 Å². The third-order valence-corrected chi connectivity index (χ3v) is 7.70. The predicted octanol–water partition coefficient (Wildman–Crippen LogP) is 14.5. The minimum Gasteiger partial charge on any atom is -0.177 e. The van der Waals surface area contributed by atoms with Crippen LogP contribution >= 0.6 is 0 Å². The van der Waals surface area contributed by atoms with Gasteiger partial charge in [0.1, 0.15) is 0 Å². The Morgan fingerprint density at radius 1 is 0.175 bits per heavy atom. The van der Waals surface area contributed by atoms with Gasteiger partial charge in [-0.3, -0.25) is 0 Å². The first-order valence-electron chi connectivity index (χ1n) is 18.9. The first-order chi connectivity index (χ1) is 25.1. The summed E-state index contributed by atoms with van der Waals surface area (Å²) < 4.78 is 0. The molecule has 6 rings (SSSR count). The molecule has 0 amide bonds. The molecule has 0 atom stereocenters. The van der Waals surface area contributed by atoms with Crippen LogP contribution in [0.2, 0.25) is 0 Å². The molecule has 0 aliphatic heterocycles. The molecule has 0 spiro atoms. The Kier molecular flexibility index (Phi) is 30.6. The normalized spacial score (nSPS) is 9.16. The Bertz CT molecular complexity index is 1370. The Labute approximate surface area is 382 Å². The number of aryl methyl sites for hydroxylation is 18. The van der Waals surface area contributed by atoms with Crippen LogP contribution in [0, 0.1) is 161 Å². The molecule has 0 fully saturated rings. The molecule has 0 bridgehead atoms. The molecule has 0 saturated heterocycles. The molecule has 57 heavy (non-hydrogen) atoms. The van der Waals surface area contributed by atoms with Crippen molar-refractivity contribution in [3.8, 4) is 0 Å². The summed E-state index contributed by atoms with van der Waals surface area (Å²) in [6.45, 7) is 37.5. The summed E-state index contributed by atoms with van der Waals surface area (Å²) in [6.07, 6.45) is 0. The summed E-state index contributed by atoms with van der Waals surface area (Å²) in [4.78, 5) is 0. The van der Waals surface area contributed by atoms with Crippen LogP contribution in [0.1, 0.15) is 100 Å². The quantitative estimate of drug-likeness (QED) is 0.105. The maximum atomic E-state index is 3.21. The van der Waals surface area contributed by atoms with Crippen LogP contribution in [0.25, 0.3) is 0 Å². The van der Waals surface area contributed by atoms with E-state index in [1.54, 1.807) is 0 Å². The molecular weight excluding hydrogens is 813 g/mol. The van der Waals surface area contributed by atoms with Crippen LogP contribution in [0.15, 0.2) is 72.8 Å². The van der Waals surface area contributed by atoms with Gasteiger partial charge >= 0.3 is 51.2 Å². The van der Waals surface area contributed by atoms with Gasteiger partial charge in [-0.1, -0.05) is 125 Å². The van der Waals surface area contributed by atoms with Crippen LogP contribution in [0.3, 0.4) is 0 Å². The van der Waals surface area contributed by atoms with Gasteiger partial charge in [0.25, 0.3) is 0 Å². The van der Waals surface area contributed by atoms with Crippen molar-refractivity contribution in [3.63, 3.8) is 0 Å². The van der Waals surface area contributed by atoms with Gasteiger partial charge in [-0.25, -0.2) is 0 Å². The molecule has 0 aliphatic rings. The molecule has 303 valence electrons. The van der Waals surface area contributed by atoms with Crippen molar-refractivity contribution >= 4 is 0 Å². The van der Waals surface area contributed by atoms with Crippen molar-refractivity contribution in [2.24, 2.45) is 0 Å². The Balaban J connectivity index is -0.000000607. The van der Waals surface area contributed by atoms with Gasteiger partial charge in [-0.15, -0.1) is 0 Å². The SMILES string of the molecule is Cc1[c-]c(C)cc(C)c1.Cc1[c-]c(C)cc(C)c1.Cc1[c-]c(C)cc(C)c1.Cc1[c-]c(C)cc(C)c1.Cc1[c-]c(C)cc(C)c1.Cc1[c-]c(C)cc(C)c1.[Mn+2].[Mn+2].[Mn+2]. The van der Waals surface area contributed by atoms with E-state index in [4.69, 9.17) is 0 Å². The van der Waals surface area contributed by atoms with Crippen LogP contribution < -0.4 is 0 Å². The predicted molar refractivity (Wildman–Crippen MR) is 237 cm³/mol. The molecule has 0 N–H and O–H groups in total. The number of hydrogen-bond donors (Lipinski definition) is 0. The zero-order valence-corrected chi connectivity index (χ0v) is 41.6. The minimum atomic E-state index is 0. The van der Waals surface area contributed by atoms with Crippen molar-refractivity contribution in [1.82, 2.24) is 0 Å². The fraction of sp³-hybridized carbons (Fsp3) is 0.333. The van der Waals surface area contributed by atoms with Gasteiger partial charge < -0.3 is 0 Å². The molecule has 3 radical (unpaired) electrons. The third-order valence-electron chi connectivity index (χ3n) is 7.70. The fourth-order valence-corrected chi connectivity index (χ4v) is 6.65. The molecule has 0 aliphatic carbocycles. The van der Waals surface area contributed by atoms with E-state index in [1.807, 2.05) is 0 Å². The molecule has 0 unspecified atom stereocenters. The molecule has 0 aromatic heterocycles. The first kappa shape index (κ1) is 58.2. The monoisotopic (exact) mass is 879 g/mol. The molecular formula is C54H66Mn3. The van der Waals surface area contributed by atoms with Crippen LogP contribution in [-0.4, -0.2) is 0 Å². The molecule has 6 aromatic carbocycles. The van der Waals surface area contributed by atoms with Gasteiger partial charge in [-0.05, 0) is 0 Å². The van der Waals surface area contributed by atoms with E-state index in [1.165, 1.54) is 100 Å². The van der Waals surface area contributed by atoms with Gasteiger partial charge in [0.15, 0.2) is 0 Å². The van der Waals surface area contributed by atoms with Crippen molar-refractivity contribution < 1.29 is 51.2 Å². The topological polar surface area (TPSA) is 0 Å². The standard InChI is InChI=1S/6C9H11.3Mn/c6*1-7-4-8(2)6-9(3)5-7;;;/h6*4-5H,1-3H3;;;/q6*-1;3*+2. The maximum absolute atomic E-state index is 3.21. The number of rotatable bonds is 0. The Hall–Kier alpha value is -3.12. The zero-order chi connectivity index (χ0) is 41.1. The summed E-state index contributed by atoms with van der Waals surface area (Å²) in [5.74, 6) is 0. The second-order valence-electron chi connectivity index (χ2n) is 15.1. The molecule has 6 aromatic rings. The van der Waals surface area contributed by atoms with E-state index in [9.17, 15) is 0 Å². The summed E-state index contributed by atoms with van der Waals surface area (Å²) in [7, 11) is 0. The maximum Gasteiger partial charge on any atom is 2.00 e. The summed E-state index contributed by atoms with van der Waals surface area (Å²) >= 11 is 0. The largest absolute Gasteiger partial charge is 2.00 e. The second-order valence-corrected chi connectivity index (χ2v) is 15.1. The van der Waals surface area contributed by atoms with E-state index in [0.717, 1.165) is 0 Å². The van der Waals surface area contributed by atoms with Crippen LogP contribution in [0.4, 0.5) is 0 Å². The molecule has 0 saturated carbocycles. The summed E-state index contributed by atoms with van der Waals surface area (Å²) in [6, 6.07) is 44.8. The number of benzene rings is 6. The van der Waals surface area contributed by atoms with Crippen molar-refractivity contribution in [2.45, 2.75) is 125 Å². The van der Waals surface area contributed by atoms with Crippen molar-refractivity contribution in [3.05, 3.63) is 209 Å². The second kappa shape index (κ2) is 30.0. The first-order valence-corrected chi connectivity index (χ1v) is 18.9. The molecule has 0 heterocycles. The van der Waals surface area contributed by atoms with Crippen molar-refractivity contribution in [1.29, 1.82) is 0 Å². The van der Waals surface area contributed by atoms with E-state index >= 15 is 0 Å². The van der Waals surface area contributed by atoms with Gasteiger partial charge in [-0.2, -0.15) is 209 Å². The average Bonchev–Trinajstić information content (AvgIpc) is 2.94. The van der Waals surface area contributed by atoms with Gasteiger partial charge in [0, 0.05) is 0 Å². The van der Waals surface area contributed by atoms with E-state index in [0.29, 0.717) is 0 Å². The van der Waals surface area contributed by atoms with Crippen LogP contribution in [-0.2, 0) is 51.2 Å². The Morgan fingerprint density at radius 2 is 0.246 bits per heavy atom. The van der Waals surface area contributed by atoms with E-state index < -0.39 is 0 Å². The summed E-state index contributed by atoms with van der Waals surface area (Å²) in [5.41, 5.74) is 22.7. The Morgan fingerprint density at radius 3 is 0.298 bits per heavy atom. The number of hydrogen-bond acceptors (Lipinski definition) is 0. The van der Waals surface area contributed by atoms with Gasteiger partial charge in [0.2, 0.25) is 0 Å². The van der Waals surface area contributed by atoms with Gasteiger partial charge in [0.05, 0.1) is 0 Å². The fourth-order valence-electron chi connectivity index (χ4n) is 6.65. The molecule has 0 nitrogen and oxygen atoms in total.